The Morgan fingerprint density at radius 2 is 1.85 bits per heavy atom. The molecule has 1 aliphatic carbocycles. The third-order valence-corrected chi connectivity index (χ3v) is 7.99. The molecule has 2 aromatic heterocycles. The van der Waals surface area contributed by atoms with E-state index in [4.69, 9.17) is 11.6 Å². The number of rotatable bonds is 4. The molecule has 0 bridgehead atoms. The predicted molar refractivity (Wildman–Crippen MR) is 108 cm³/mol. The number of benzene rings is 1. The van der Waals surface area contributed by atoms with Gasteiger partial charge in [0.1, 0.15) is 11.0 Å². The van der Waals surface area contributed by atoms with Crippen LogP contribution in [0.15, 0.2) is 52.3 Å². The molecule has 2 heterocycles. The van der Waals surface area contributed by atoms with Gasteiger partial charge in [-0.05, 0) is 31.0 Å². The highest BCUT2D eigenvalue weighted by Gasteiger charge is 2.33. The van der Waals surface area contributed by atoms with E-state index in [-0.39, 0.29) is 20.4 Å². The Hall–Kier alpha value is -1.96. The number of thiazole rings is 1. The normalized spacial score (nSPS) is 15.5. The molecule has 1 aromatic carbocycles. The highest BCUT2D eigenvalue weighted by atomic mass is 35.5. The molecule has 27 heavy (non-hydrogen) atoms. The number of halogens is 1. The lowest BCUT2D eigenvalue weighted by atomic mass is 9.93. The second kappa shape index (κ2) is 6.58. The molecule has 0 radical (unpaired) electrons. The van der Waals surface area contributed by atoms with Crippen molar-refractivity contribution in [1.29, 1.82) is 0 Å². The van der Waals surface area contributed by atoms with Crippen molar-refractivity contribution in [2.45, 2.75) is 41.9 Å². The van der Waals surface area contributed by atoms with E-state index in [9.17, 15) is 8.42 Å². The zero-order valence-corrected chi connectivity index (χ0v) is 17.2. The van der Waals surface area contributed by atoms with E-state index in [1.165, 1.54) is 17.0 Å². The lowest BCUT2D eigenvalue weighted by Gasteiger charge is -2.15. The fourth-order valence-electron chi connectivity index (χ4n) is 3.19. The van der Waals surface area contributed by atoms with E-state index in [2.05, 4.69) is 29.1 Å². The van der Waals surface area contributed by atoms with Gasteiger partial charge in [-0.15, -0.1) is 11.3 Å². The van der Waals surface area contributed by atoms with Crippen LogP contribution in [-0.2, 0) is 21.7 Å². The number of nitrogens with one attached hydrogen (secondary N) is 1. The first-order chi connectivity index (χ1) is 12.8. The van der Waals surface area contributed by atoms with E-state index in [0.29, 0.717) is 10.9 Å². The molecule has 0 saturated carbocycles. The molecule has 0 saturated heterocycles. The van der Waals surface area contributed by atoms with Crippen molar-refractivity contribution in [3.8, 4) is 0 Å². The molecule has 0 spiro atoms. The van der Waals surface area contributed by atoms with Gasteiger partial charge in [0.25, 0.3) is 0 Å². The monoisotopic (exact) mass is 419 g/mol. The van der Waals surface area contributed by atoms with Gasteiger partial charge in [-0.3, -0.25) is 0 Å². The second-order valence-electron chi connectivity index (χ2n) is 7.13. The zero-order chi connectivity index (χ0) is 19.2. The minimum absolute atomic E-state index is 0.0978. The Labute approximate surface area is 167 Å². The van der Waals surface area contributed by atoms with Crippen LogP contribution in [0.5, 0.6) is 0 Å². The summed E-state index contributed by atoms with van der Waals surface area (Å²) in [6.45, 7) is 4.42. The first-order valence-electron chi connectivity index (χ1n) is 8.51. The number of hydrogen-bond donors (Lipinski definition) is 1. The summed E-state index contributed by atoms with van der Waals surface area (Å²) in [5.74, 6) is 0.363. The van der Waals surface area contributed by atoms with E-state index in [1.807, 2.05) is 0 Å². The molecule has 8 heteroatoms. The lowest BCUT2D eigenvalue weighted by molar-refractivity contribution is 0.530. The largest absolute Gasteiger partial charge is 0.316 e. The van der Waals surface area contributed by atoms with Crippen LogP contribution in [0.4, 0.5) is 10.9 Å². The third kappa shape index (κ3) is 3.47. The number of fused-ring (bicyclic) bond motifs is 1. The van der Waals surface area contributed by atoms with Crippen LogP contribution in [0.1, 0.15) is 30.8 Å². The molecule has 0 fully saturated rings. The van der Waals surface area contributed by atoms with Crippen LogP contribution in [-0.4, -0.2) is 18.4 Å². The van der Waals surface area contributed by atoms with Gasteiger partial charge in [-0.1, -0.05) is 43.6 Å². The van der Waals surface area contributed by atoms with Crippen molar-refractivity contribution in [1.82, 2.24) is 9.97 Å². The Morgan fingerprint density at radius 1 is 1.11 bits per heavy atom. The van der Waals surface area contributed by atoms with Gasteiger partial charge in [0.2, 0.25) is 9.84 Å². The van der Waals surface area contributed by atoms with Gasteiger partial charge in [0.05, 0.1) is 15.5 Å². The SMILES string of the molecule is CC1(C)CCc2nc(Nc3cc(S(=O)(=O)c4ccccc4)cc(Cl)n3)sc21. The van der Waals surface area contributed by atoms with Gasteiger partial charge in [-0.2, -0.15) is 0 Å². The van der Waals surface area contributed by atoms with E-state index >= 15 is 0 Å². The first kappa shape index (κ1) is 18.4. The maximum absolute atomic E-state index is 12.9. The minimum Gasteiger partial charge on any atom is -0.316 e. The molecule has 0 atom stereocenters. The topological polar surface area (TPSA) is 72.0 Å². The molecular weight excluding hydrogens is 402 g/mol. The van der Waals surface area contributed by atoms with Gasteiger partial charge in [0, 0.05) is 16.4 Å². The first-order valence-corrected chi connectivity index (χ1v) is 11.2. The summed E-state index contributed by atoms with van der Waals surface area (Å²) in [7, 11) is -3.67. The Morgan fingerprint density at radius 3 is 2.56 bits per heavy atom. The van der Waals surface area contributed by atoms with Gasteiger partial charge >= 0.3 is 0 Å². The van der Waals surface area contributed by atoms with E-state index in [0.717, 1.165) is 18.5 Å². The smallest absolute Gasteiger partial charge is 0.206 e. The molecule has 0 amide bonds. The lowest BCUT2D eigenvalue weighted by Crippen LogP contribution is -2.09. The van der Waals surface area contributed by atoms with Crippen LogP contribution in [0, 0.1) is 0 Å². The Bertz CT molecular complexity index is 1110. The molecule has 5 nitrogen and oxygen atoms in total. The molecule has 1 N–H and O–H groups in total. The Kier molecular flexibility index (Phi) is 4.49. The predicted octanol–water partition coefficient (Wildman–Crippen LogP) is 4.99. The molecule has 0 aliphatic heterocycles. The fourth-order valence-corrected chi connectivity index (χ4v) is 5.93. The van der Waals surface area contributed by atoms with Crippen molar-refractivity contribution >= 4 is 43.7 Å². The number of aryl methyl sites for hydroxylation is 1. The maximum Gasteiger partial charge on any atom is 0.206 e. The van der Waals surface area contributed by atoms with Crippen molar-refractivity contribution in [3.05, 3.63) is 58.2 Å². The zero-order valence-electron chi connectivity index (χ0n) is 14.9. The van der Waals surface area contributed by atoms with Crippen molar-refractivity contribution in [2.24, 2.45) is 0 Å². The standard InChI is InChI=1S/C19H18ClN3O2S2/c1-19(2)9-8-14-17(19)26-18(21-14)23-16-11-13(10-15(20)22-16)27(24,25)12-6-4-3-5-7-12/h3-7,10-11H,8-9H2,1-2H3,(H,21,22,23). The number of sulfone groups is 1. The van der Waals surface area contributed by atoms with Crippen LogP contribution in [0.25, 0.3) is 0 Å². The average molecular weight is 420 g/mol. The highest BCUT2D eigenvalue weighted by molar-refractivity contribution is 7.91. The summed E-state index contributed by atoms with van der Waals surface area (Å²) < 4.78 is 25.7. The van der Waals surface area contributed by atoms with Crippen molar-refractivity contribution < 1.29 is 8.42 Å². The van der Waals surface area contributed by atoms with E-state index < -0.39 is 9.84 Å². The minimum atomic E-state index is -3.67. The second-order valence-corrected chi connectivity index (χ2v) is 10.5. The number of hydrogen-bond acceptors (Lipinski definition) is 6. The molecule has 0 unspecified atom stereocenters. The molecular formula is C19H18ClN3O2S2. The molecule has 1 aliphatic rings. The molecule has 140 valence electrons. The summed E-state index contributed by atoms with van der Waals surface area (Å²) in [4.78, 5) is 10.4. The van der Waals surface area contributed by atoms with Crippen LogP contribution < -0.4 is 5.32 Å². The van der Waals surface area contributed by atoms with Crippen LogP contribution >= 0.6 is 22.9 Å². The summed E-state index contributed by atoms with van der Waals surface area (Å²) in [5, 5.41) is 3.93. The van der Waals surface area contributed by atoms with Crippen molar-refractivity contribution in [2.75, 3.05) is 5.32 Å². The van der Waals surface area contributed by atoms with Gasteiger partial charge < -0.3 is 5.32 Å². The number of anilines is 2. The fraction of sp³-hybridized carbons (Fsp3) is 0.263. The third-order valence-electron chi connectivity index (χ3n) is 4.67. The van der Waals surface area contributed by atoms with Gasteiger partial charge in [0.15, 0.2) is 5.13 Å². The number of pyridine rings is 1. The van der Waals surface area contributed by atoms with Crippen molar-refractivity contribution in [3.63, 3.8) is 0 Å². The summed E-state index contributed by atoms with van der Waals surface area (Å²) in [5.41, 5.74) is 1.22. The Balaban J connectivity index is 1.68. The summed E-state index contributed by atoms with van der Waals surface area (Å²) in [6, 6.07) is 11.1. The average Bonchev–Trinajstić information content (AvgIpc) is 3.15. The highest BCUT2D eigenvalue weighted by Crippen LogP contribution is 2.43. The van der Waals surface area contributed by atoms with E-state index in [1.54, 1.807) is 41.7 Å². The maximum atomic E-state index is 12.9. The number of nitrogens with zero attached hydrogens (tertiary/aromatic N) is 2. The van der Waals surface area contributed by atoms with Crippen LogP contribution in [0.2, 0.25) is 5.15 Å². The summed E-state index contributed by atoms with van der Waals surface area (Å²) in [6.07, 6.45) is 2.05. The van der Waals surface area contributed by atoms with Crippen LogP contribution in [0.3, 0.4) is 0 Å². The summed E-state index contributed by atoms with van der Waals surface area (Å²) >= 11 is 7.68. The number of aromatic nitrogens is 2. The molecule has 4 rings (SSSR count). The molecule has 3 aromatic rings. The quantitative estimate of drug-likeness (QED) is 0.603. The van der Waals surface area contributed by atoms with Gasteiger partial charge in [-0.25, -0.2) is 18.4 Å².